The van der Waals surface area contributed by atoms with Crippen molar-refractivity contribution in [2.75, 3.05) is 26.2 Å². The summed E-state index contributed by atoms with van der Waals surface area (Å²) < 4.78 is 5.89. The Morgan fingerprint density at radius 3 is 2.48 bits per heavy atom. The molecular weight excluding hydrogens is 336 g/mol. The van der Waals surface area contributed by atoms with E-state index in [0.717, 1.165) is 43.1 Å². The summed E-state index contributed by atoms with van der Waals surface area (Å²) in [6, 6.07) is 16.3. The van der Waals surface area contributed by atoms with E-state index in [1.54, 1.807) is 6.07 Å². The minimum absolute atomic E-state index is 0.317. The zero-order valence-corrected chi connectivity index (χ0v) is 15.9. The lowest BCUT2D eigenvalue weighted by Gasteiger charge is -2.39. The fraction of sp³-hybridized carbons (Fsp3) is 0.478. The van der Waals surface area contributed by atoms with Gasteiger partial charge in [0.2, 0.25) is 0 Å². The molecule has 1 aliphatic heterocycles. The first-order valence-electron chi connectivity index (χ1n) is 10.3. The number of hydrogen-bond acceptors (Lipinski definition) is 4. The van der Waals surface area contributed by atoms with Crippen LogP contribution in [0.2, 0.25) is 0 Å². The number of aromatic hydroxyl groups is 1. The zero-order chi connectivity index (χ0) is 18.5. The summed E-state index contributed by atoms with van der Waals surface area (Å²) in [6.07, 6.45) is 5.15. The fourth-order valence-corrected chi connectivity index (χ4v) is 4.59. The van der Waals surface area contributed by atoms with Crippen molar-refractivity contribution in [1.82, 2.24) is 10.2 Å². The van der Waals surface area contributed by atoms with E-state index >= 15 is 0 Å². The van der Waals surface area contributed by atoms with E-state index in [-0.39, 0.29) is 0 Å². The van der Waals surface area contributed by atoms with Crippen molar-refractivity contribution in [3.05, 3.63) is 59.7 Å². The van der Waals surface area contributed by atoms with Gasteiger partial charge in [0.1, 0.15) is 18.1 Å². The van der Waals surface area contributed by atoms with Gasteiger partial charge in [0.25, 0.3) is 0 Å². The molecule has 2 N–H and O–H groups in total. The third-order valence-corrected chi connectivity index (χ3v) is 5.96. The molecule has 2 aromatic carbocycles. The summed E-state index contributed by atoms with van der Waals surface area (Å²) >= 11 is 0. The maximum Gasteiger partial charge on any atom is 0.124 e. The molecule has 2 aliphatic rings. The fourth-order valence-electron chi connectivity index (χ4n) is 4.59. The standard InChI is InChI=1S/C23H30N2O2/c26-22-16-20(27-17-18-6-2-1-3-7-18)10-11-21(22)23(19-8-4-5-9-19)25-14-12-24-13-15-25/h1-3,6-7,10-11,16,19,23-24,26H,4-5,8-9,12-15,17H2/t23-/m1/s1. The number of nitrogens with zero attached hydrogens (tertiary/aromatic N) is 1. The first kappa shape index (κ1) is 18.3. The van der Waals surface area contributed by atoms with Gasteiger partial charge < -0.3 is 15.2 Å². The Morgan fingerprint density at radius 1 is 1.04 bits per heavy atom. The van der Waals surface area contributed by atoms with Crippen molar-refractivity contribution in [3.8, 4) is 11.5 Å². The summed E-state index contributed by atoms with van der Waals surface area (Å²) in [7, 11) is 0. The molecule has 0 unspecified atom stereocenters. The van der Waals surface area contributed by atoms with Gasteiger partial charge in [-0.1, -0.05) is 49.2 Å². The molecule has 4 heteroatoms. The van der Waals surface area contributed by atoms with Crippen molar-refractivity contribution >= 4 is 0 Å². The molecule has 4 nitrogen and oxygen atoms in total. The summed E-state index contributed by atoms with van der Waals surface area (Å²) in [5.74, 6) is 1.74. The SMILES string of the molecule is Oc1cc(OCc2ccccc2)ccc1[C@@H](C1CCCC1)N1CCNCC1. The first-order chi connectivity index (χ1) is 13.3. The Balaban J connectivity index is 1.51. The second-order valence-corrected chi connectivity index (χ2v) is 7.77. The Hall–Kier alpha value is -2.04. The molecule has 144 valence electrons. The van der Waals surface area contributed by atoms with Crippen LogP contribution in [0.25, 0.3) is 0 Å². The number of phenolic OH excluding ortho intramolecular Hbond substituents is 1. The quantitative estimate of drug-likeness (QED) is 0.808. The van der Waals surface area contributed by atoms with Crippen LogP contribution in [-0.2, 0) is 6.61 Å². The number of ether oxygens (including phenoxy) is 1. The maximum absolute atomic E-state index is 10.8. The van der Waals surface area contributed by atoms with Crippen LogP contribution in [0.1, 0.15) is 42.9 Å². The highest BCUT2D eigenvalue weighted by atomic mass is 16.5. The number of hydrogen-bond donors (Lipinski definition) is 2. The van der Waals surface area contributed by atoms with Gasteiger partial charge in [-0.2, -0.15) is 0 Å². The summed E-state index contributed by atoms with van der Waals surface area (Å²) in [5, 5.41) is 14.3. The lowest BCUT2D eigenvalue weighted by atomic mass is 9.89. The van der Waals surface area contributed by atoms with E-state index in [1.165, 1.54) is 25.7 Å². The van der Waals surface area contributed by atoms with Crippen LogP contribution in [0, 0.1) is 5.92 Å². The molecule has 1 saturated carbocycles. The van der Waals surface area contributed by atoms with Crippen molar-refractivity contribution in [1.29, 1.82) is 0 Å². The van der Waals surface area contributed by atoms with Crippen LogP contribution in [0.4, 0.5) is 0 Å². The molecule has 27 heavy (non-hydrogen) atoms. The number of nitrogens with one attached hydrogen (secondary N) is 1. The zero-order valence-electron chi connectivity index (χ0n) is 15.9. The molecule has 1 heterocycles. The van der Waals surface area contributed by atoms with Crippen molar-refractivity contribution in [2.45, 2.75) is 38.3 Å². The highest BCUT2D eigenvalue weighted by Crippen LogP contribution is 2.43. The summed E-state index contributed by atoms with van der Waals surface area (Å²) in [5.41, 5.74) is 2.20. The van der Waals surface area contributed by atoms with Crippen molar-refractivity contribution in [2.24, 2.45) is 5.92 Å². The molecule has 0 bridgehead atoms. The molecule has 0 radical (unpaired) electrons. The third-order valence-electron chi connectivity index (χ3n) is 5.96. The minimum atomic E-state index is 0.317. The van der Waals surface area contributed by atoms with Crippen LogP contribution in [0.3, 0.4) is 0 Å². The molecule has 1 atom stereocenters. The highest BCUT2D eigenvalue weighted by Gasteiger charge is 2.33. The van der Waals surface area contributed by atoms with Crippen LogP contribution < -0.4 is 10.1 Å². The molecule has 1 saturated heterocycles. The van der Waals surface area contributed by atoms with E-state index < -0.39 is 0 Å². The van der Waals surface area contributed by atoms with Gasteiger partial charge >= 0.3 is 0 Å². The summed E-state index contributed by atoms with van der Waals surface area (Å²) in [4.78, 5) is 2.56. The van der Waals surface area contributed by atoms with Crippen LogP contribution in [0.5, 0.6) is 11.5 Å². The molecule has 0 aromatic heterocycles. The largest absolute Gasteiger partial charge is 0.507 e. The normalized spacial score (nSPS) is 19.9. The maximum atomic E-state index is 10.8. The number of phenols is 1. The second kappa shape index (κ2) is 8.77. The van der Waals surface area contributed by atoms with Gasteiger partial charge in [0, 0.05) is 43.9 Å². The Kier molecular flexibility index (Phi) is 5.95. The van der Waals surface area contributed by atoms with Gasteiger partial charge in [-0.05, 0) is 30.4 Å². The first-order valence-corrected chi connectivity index (χ1v) is 10.3. The van der Waals surface area contributed by atoms with Crippen molar-refractivity contribution < 1.29 is 9.84 Å². The Morgan fingerprint density at radius 2 is 1.78 bits per heavy atom. The van der Waals surface area contributed by atoms with Gasteiger partial charge in [-0.15, -0.1) is 0 Å². The predicted octanol–water partition coefficient (Wildman–Crippen LogP) is 4.11. The molecular formula is C23H30N2O2. The molecule has 1 aliphatic carbocycles. The lowest BCUT2D eigenvalue weighted by Crippen LogP contribution is -2.46. The van der Waals surface area contributed by atoms with Gasteiger partial charge in [0.05, 0.1) is 0 Å². The topological polar surface area (TPSA) is 44.7 Å². The smallest absolute Gasteiger partial charge is 0.124 e. The Bertz CT molecular complexity index is 722. The number of benzene rings is 2. The van der Waals surface area contributed by atoms with E-state index in [4.69, 9.17) is 4.74 Å². The van der Waals surface area contributed by atoms with E-state index in [2.05, 4.69) is 28.4 Å². The van der Waals surface area contributed by atoms with E-state index in [9.17, 15) is 5.11 Å². The van der Waals surface area contributed by atoms with Crippen LogP contribution in [0.15, 0.2) is 48.5 Å². The highest BCUT2D eigenvalue weighted by molar-refractivity contribution is 5.42. The predicted molar refractivity (Wildman–Crippen MR) is 108 cm³/mol. The van der Waals surface area contributed by atoms with Gasteiger partial charge in [-0.25, -0.2) is 0 Å². The van der Waals surface area contributed by atoms with Crippen LogP contribution in [-0.4, -0.2) is 36.2 Å². The minimum Gasteiger partial charge on any atom is -0.507 e. The van der Waals surface area contributed by atoms with E-state index in [1.807, 2.05) is 24.3 Å². The second-order valence-electron chi connectivity index (χ2n) is 7.77. The van der Waals surface area contributed by atoms with Gasteiger partial charge in [0.15, 0.2) is 0 Å². The Labute approximate surface area is 162 Å². The molecule has 2 aromatic rings. The molecule has 0 spiro atoms. The van der Waals surface area contributed by atoms with E-state index in [0.29, 0.717) is 24.3 Å². The molecule has 2 fully saturated rings. The lowest BCUT2D eigenvalue weighted by molar-refractivity contribution is 0.123. The number of rotatable bonds is 6. The van der Waals surface area contributed by atoms with Crippen molar-refractivity contribution in [3.63, 3.8) is 0 Å². The van der Waals surface area contributed by atoms with Crippen LogP contribution >= 0.6 is 0 Å². The average Bonchev–Trinajstić information content (AvgIpc) is 3.24. The summed E-state index contributed by atoms with van der Waals surface area (Å²) in [6.45, 7) is 4.67. The molecule has 0 amide bonds. The third kappa shape index (κ3) is 4.45. The van der Waals surface area contributed by atoms with Gasteiger partial charge in [-0.3, -0.25) is 4.90 Å². The number of piperazine rings is 1. The average molecular weight is 367 g/mol. The monoisotopic (exact) mass is 366 g/mol. The molecule has 4 rings (SSSR count).